The van der Waals surface area contributed by atoms with E-state index in [1.165, 1.54) is 0 Å². The van der Waals surface area contributed by atoms with Crippen LogP contribution in [0.15, 0.2) is 36.5 Å². The van der Waals surface area contributed by atoms with E-state index < -0.39 is 11.9 Å². The van der Waals surface area contributed by atoms with E-state index in [0.29, 0.717) is 23.7 Å². The lowest BCUT2D eigenvalue weighted by molar-refractivity contribution is -0.117. The van der Waals surface area contributed by atoms with Gasteiger partial charge in [0.25, 0.3) is 0 Å². The monoisotopic (exact) mass is 394 g/mol. The Hall–Kier alpha value is -3.49. The molecule has 1 amide bonds. The molecule has 9 nitrogen and oxygen atoms in total. The fourth-order valence-corrected chi connectivity index (χ4v) is 3.62. The first-order valence-corrected chi connectivity index (χ1v) is 9.57. The Morgan fingerprint density at radius 2 is 2.17 bits per heavy atom. The van der Waals surface area contributed by atoms with Crippen LogP contribution in [0, 0.1) is 0 Å². The smallest absolute Gasteiger partial charge is 0.338 e. The zero-order chi connectivity index (χ0) is 20.4. The van der Waals surface area contributed by atoms with Crippen LogP contribution >= 0.6 is 0 Å². The molecule has 1 unspecified atom stereocenters. The molecule has 9 heteroatoms. The van der Waals surface area contributed by atoms with Crippen LogP contribution in [0.3, 0.4) is 0 Å². The molecule has 2 aromatic heterocycles. The first-order valence-electron chi connectivity index (χ1n) is 9.57. The summed E-state index contributed by atoms with van der Waals surface area (Å²) < 4.78 is 8.79. The third kappa shape index (κ3) is 3.89. The Balaban J connectivity index is 1.73. The van der Waals surface area contributed by atoms with Crippen molar-refractivity contribution in [3.63, 3.8) is 0 Å². The normalized spacial score (nSPS) is 15.7. The summed E-state index contributed by atoms with van der Waals surface area (Å²) in [6.45, 7) is 2.85. The molecule has 29 heavy (non-hydrogen) atoms. The van der Waals surface area contributed by atoms with E-state index in [-0.39, 0.29) is 12.3 Å². The molecule has 3 heterocycles. The Labute approximate surface area is 167 Å². The van der Waals surface area contributed by atoms with Crippen molar-refractivity contribution in [3.05, 3.63) is 59.4 Å². The standard InChI is InChI=1S/C20H22N6O3/c1-2-29-20(28)14-4-3-5-16(11-14)26-19(23-18(24-26)12-17(21)27)13-7-9-25-15(10-13)6-8-22-25/h3-6,8,11,13H,2,7,9-10,12H2,1H3,(H2,21,27). The lowest BCUT2D eigenvalue weighted by Gasteiger charge is -2.23. The molecular formula is C20H22N6O3. The van der Waals surface area contributed by atoms with Gasteiger partial charge in [-0.1, -0.05) is 6.07 Å². The van der Waals surface area contributed by atoms with Gasteiger partial charge in [0.05, 0.1) is 24.3 Å². The number of benzene rings is 1. The molecule has 0 spiro atoms. The van der Waals surface area contributed by atoms with Crippen molar-refractivity contribution >= 4 is 11.9 Å². The van der Waals surface area contributed by atoms with Gasteiger partial charge in [-0.05, 0) is 44.0 Å². The number of amides is 1. The Kier molecular flexibility index (Phi) is 5.11. The van der Waals surface area contributed by atoms with E-state index in [0.717, 1.165) is 30.9 Å². The Bertz CT molecular complexity index is 1050. The van der Waals surface area contributed by atoms with E-state index in [2.05, 4.69) is 15.2 Å². The molecule has 1 aliphatic heterocycles. The number of aryl methyl sites for hydroxylation is 1. The topological polar surface area (TPSA) is 118 Å². The minimum Gasteiger partial charge on any atom is -0.462 e. The quantitative estimate of drug-likeness (QED) is 0.632. The highest BCUT2D eigenvalue weighted by Gasteiger charge is 2.27. The van der Waals surface area contributed by atoms with Gasteiger partial charge in [-0.2, -0.15) is 10.2 Å². The fourth-order valence-electron chi connectivity index (χ4n) is 3.62. The minimum atomic E-state index is -0.490. The van der Waals surface area contributed by atoms with Crippen molar-refractivity contribution in [2.75, 3.05) is 6.61 Å². The van der Waals surface area contributed by atoms with Crippen LogP contribution in [0.1, 0.15) is 47.0 Å². The van der Waals surface area contributed by atoms with Crippen LogP contribution in [0.25, 0.3) is 5.69 Å². The minimum absolute atomic E-state index is 0.0395. The molecule has 1 aromatic carbocycles. The molecular weight excluding hydrogens is 372 g/mol. The largest absolute Gasteiger partial charge is 0.462 e. The first kappa shape index (κ1) is 18.9. The van der Waals surface area contributed by atoms with Crippen molar-refractivity contribution in [3.8, 4) is 5.69 Å². The maximum Gasteiger partial charge on any atom is 0.338 e. The number of carbonyl (C=O) groups excluding carboxylic acids is 2. The van der Waals surface area contributed by atoms with E-state index in [4.69, 9.17) is 10.5 Å². The Morgan fingerprint density at radius 3 is 2.97 bits per heavy atom. The van der Waals surface area contributed by atoms with Gasteiger partial charge >= 0.3 is 5.97 Å². The second kappa shape index (κ2) is 7.86. The molecule has 0 radical (unpaired) electrons. The van der Waals surface area contributed by atoms with Crippen molar-refractivity contribution in [1.82, 2.24) is 24.5 Å². The van der Waals surface area contributed by atoms with Crippen LogP contribution < -0.4 is 5.73 Å². The predicted molar refractivity (Wildman–Crippen MR) is 104 cm³/mol. The zero-order valence-corrected chi connectivity index (χ0v) is 16.1. The number of nitrogens with two attached hydrogens (primary N) is 1. The van der Waals surface area contributed by atoms with Crippen molar-refractivity contribution in [2.45, 2.75) is 38.6 Å². The number of rotatable bonds is 6. The number of esters is 1. The van der Waals surface area contributed by atoms with Crippen LogP contribution in [0.5, 0.6) is 0 Å². The second-order valence-electron chi connectivity index (χ2n) is 6.95. The van der Waals surface area contributed by atoms with Crippen molar-refractivity contribution in [1.29, 1.82) is 0 Å². The van der Waals surface area contributed by atoms with Gasteiger partial charge in [-0.3, -0.25) is 9.48 Å². The van der Waals surface area contributed by atoms with Crippen LogP contribution in [-0.4, -0.2) is 43.0 Å². The number of carbonyl (C=O) groups is 2. The van der Waals surface area contributed by atoms with Gasteiger partial charge in [0.2, 0.25) is 5.91 Å². The van der Waals surface area contributed by atoms with E-state index in [1.54, 1.807) is 36.0 Å². The molecule has 0 bridgehead atoms. The molecule has 1 atom stereocenters. The van der Waals surface area contributed by atoms with E-state index in [1.807, 2.05) is 16.8 Å². The summed E-state index contributed by atoms with van der Waals surface area (Å²) in [5, 5.41) is 8.84. The molecule has 1 aliphatic rings. The Morgan fingerprint density at radius 1 is 1.31 bits per heavy atom. The number of hydrogen-bond acceptors (Lipinski definition) is 6. The van der Waals surface area contributed by atoms with Gasteiger partial charge in [-0.15, -0.1) is 0 Å². The zero-order valence-electron chi connectivity index (χ0n) is 16.1. The summed E-state index contributed by atoms with van der Waals surface area (Å²) in [6.07, 6.45) is 3.37. The van der Waals surface area contributed by atoms with Crippen LogP contribution in [0.2, 0.25) is 0 Å². The summed E-state index contributed by atoms with van der Waals surface area (Å²) in [4.78, 5) is 28.2. The highest BCUT2D eigenvalue weighted by molar-refractivity contribution is 5.90. The maximum absolute atomic E-state index is 12.1. The predicted octanol–water partition coefficient (Wildman–Crippen LogP) is 1.40. The van der Waals surface area contributed by atoms with E-state index >= 15 is 0 Å². The van der Waals surface area contributed by atoms with Crippen molar-refractivity contribution < 1.29 is 14.3 Å². The number of ether oxygens (including phenoxy) is 1. The highest BCUT2D eigenvalue weighted by atomic mass is 16.5. The number of nitrogens with zero attached hydrogens (tertiary/aromatic N) is 5. The fraction of sp³-hybridized carbons (Fsp3) is 0.350. The van der Waals surface area contributed by atoms with Crippen LogP contribution in [-0.2, 0) is 28.9 Å². The number of primary amides is 1. The van der Waals surface area contributed by atoms with Gasteiger partial charge in [0.1, 0.15) is 5.82 Å². The van der Waals surface area contributed by atoms with Crippen molar-refractivity contribution in [2.24, 2.45) is 5.73 Å². The lowest BCUT2D eigenvalue weighted by Crippen LogP contribution is -2.21. The summed E-state index contributed by atoms with van der Waals surface area (Å²) in [7, 11) is 0. The third-order valence-corrected chi connectivity index (χ3v) is 4.92. The summed E-state index contributed by atoms with van der Waals surface area (Å²) in [5.74, 6) is 0.341. The molecule has 0 saturated heterocycles. The molecule has 0 saturated carbocycles. The molecule has 0 fully saturated rings. The third-order valence-electron chi connectivity index (χ3n) is 4.92. The average molecular weight is 394 g/mol. The van der Waals surface area contributed by atoms with Gasteiger partial charge in [-0.25, -0.2) is 14.5 Å². The molecule has 3 aromatic rings. The lowest BCUT2D eigenvalue weighted by atomic mass is 9.95. The highest BCUT2D eigenvalue weighted by Crippen LogP contribution is 2.29. The molecule has 150 valence electrons. The summed E-state index contributed by atoms with van der Waals surface area (Å²) >= 11 is 0. The molecule has 4 rings (SSSR count). The molecule has 0 aliphatic carbocycles. The number of fused-ring (bicyclic) bond motifs is 1. The second-order valence-corrected chi connectivity index (χ2v) is 6.95. The number of hydrogen-bond donors (Lipinski definition) is 1. The summed E-state index contributed by atoms with van der Waals surface area (Å²) in [6, 6.07) is 9.04. The maximum atomic E-state index is 12.1. The van der Waals surface area contributed by atoms with Gasteiger partial charge in [0, 0.05) is 24.4 Å². The average Bonchev–Trinajstić information content (AvgIpc) is 3.34. The SMILES string of the molecule is CCOC(=O)c1cccc(-n2nc(CC(N)=O)nc2C2CCn3nccc3C2)c1. The molecule has 2 N–H and O–H groups in total. The van der Waals surface area contributed by atoms with E-state index in [9.17, 15) is 9.59 Å². The van der Waals surface area contributed by atoms with Gasteiger partial charge < -0.3 is 10.5 Å². The first-order chi connectivity index (χ1) is 14.0. The summed E-state index contributed by atoms with van der Waals surface area (Å²) in [5.41, 5.74) is 7.60. The van der Waals surface area contributed by atoms with Gasteiger partial charge in [0.15, 0.2) is 5.82 Å². The number of aromatic nitrogens is 5. The van der Waals surface area contributed by atoms with Crippen LogP contribution in [0.4, 0.5) is 0 Å².